The van der Waals surface area contributed by atoms with E-state index in [1.807, 2.05) is 52.0 Å². The largest absolute Gasteiger partial charge is 0.464 e. The molecule has 3 aliphatic heterocycles. The van der Waals surface area contributed by atoms with Crippen LogP contribution in [0, 0.1) is 17.7 Å². The van der Waals surface area contributed by atoms with Crippen molar-refractivity contribution in [2.24, 2.45) is 11.8 Å². The lowest BCUT2D eigenvalue weighted by atomic mass is 10.0. The highest BCUT2D eigenvalue weighted by atomic mass is 32.1. The predicted molar refractivity (Wildman–Crippen MR) is 249 cm³/mol. The first-order valence-electron chi connectivity index (χ1n) is 22.9. The average molecular weight is 918 g/mol. The molecule has 6 aromatic rings. The van der Waals surface area contributed by atoms with Gasteiger partial charge in [0, 0.05) is 34.5 Å². The molecule has 0 saturated carbocycles. The first-order valence-corrected chi connectivity index (χ1v) is 23.7. The van der Waals surface area contributed by atoms with Gasteiger partial charge in [-0.25, -0.2) is 19.2 Å². The Hall–Kier alpha value is -6.49. The van der Waals surface area contributed by atoms with Gasteiger partial charge in [-0.05, 0) is 86.4 Å². The zero-order valence-corrected chi connectivity index (χ0v) is 38.8. The number of aromatic nitrogens is 5. The van der Waals surface area contributed by atoms with Crippen LogP contribution in [0.4, 0.5) is 9.18 Å². The van der Waals surface area contributed by atoms with Gasteiger partial charge in [0.1, 0.15) is 35.3 Å². The molecule has 5 atom stereocenters. The number of amides is 4. The number of aryl methyl sites for hydroxylation is 1. The van der Waals surface area contributed by atoms with Crippen LogP contribution in [-0.2, 0) is 25.5 Å². The standard InChI is InChI=1S/C49H56FN9O6S/c1-7-10-31-14-16-40(66-31)48-59-35-15-13-28(33-23-51-44(54-33)37-12-9-18-58(37)47(62)43(27(4)5)56-49(63)64-6)19-30(35)21-38(59)41-32(50)20-29(22-39(41)65-48)34-24-52-45(55-34)36-11-8-17-57(36)46(61)42(26(2)3)53-25-60/h13-16,19-27,36-37,42-43,48H,7-12,17-18H2,1-6H3,(H,51,54)(H,52,55)(H,53,60)(H,56,63)/t36-,37-,42-,43-,48?/m0/s1. The summed E-state index contributed by atoms with van der Waals surface area (Å²) in [7, 11) is 1.28. The Bertz CT molecular complexity index is 2790. The maximum Gasteiger partial charge on any atom is 0.407 e. The first-order chi connectivity index (χ1) is 31.9. The van der Waals surface area contributed by atoms with Gasteiger partial charge in [-0.3, -0.25) is 19.0 Å². The molecule has 346 valence electrons. The number of hydrogen-bond acceptors (Lipinski definition) is 9. The summed E-state index contributed by atoms with van der Waals surface area (Å²) in [5, 5.41) is 6.28. The topological polar surface area (TPSA) is 180 Å². The molecule has 0 aliphatic carbocycles. The monoisotopic (exact) mass is 917 g/mol. The molecule has 4 amide bonds. The molecular weight excluding hydrogens is 862 g/mol. The summed E-state index contributed by atoms with van der Waals surface area (Å²) in [6.07, 6.45) is 7.77. The fourth-order valence-electron chi connectivity index (χ4n) is 9.81. The average Bonchev–Trinajstić information content (AvgIpc) is 4.16. The number of alkyl carbamates (subject to hydrolysis) is 1. The van der Waals surface area contributed by atoms with Gasteiger partial charge in [0.05, 0.1) is 64.6 Å². The molecule has 4 N–H and O–H groups in total. The Kier molecular flexibility index (Phi) is 12.5. The van der Waals surface area contributed by atoms with E-state index in [0.29, 0.717) is 65.8 Å². The van der Waals surface area contributed by atoms with Gasteiger partial charge < -0.3 is 39.9 Å². The minimum atomic E-state index is -0.737. The Labute approximate surface area is 386 Å². The second-order valence-corrected chi connectivity index (χ2v) is 19.3. The second kappa shape index (κ2) is 18.4. The van der Waals surface area contributed by atoms with E-state index in [2.05, 4.69) is 50.3 Å². The molecule has 2 fully saturated rings. The van der Waals surface area contributed by atoms with E-state index in [1.165, 1.54) is 18.1 Å². The molecule has 3 aliphatic rings. The van der Waals surface area contributed by atoms with Crippen LogP contribution in [0.5, 0.6) is 5.75 Å². The first kappa shape index (κ1) is 44.7. The van der Waals surface area contributed by atoms with Crippen molar-refractivity contribution in [3.8, 4) is 39.5 Å². The maximum atomic E-state index is 16.8. The third-order valence-corrected chi connectivity index (χ3v) is 14.3. The Morgan fingerprint density at radius 2 is 1.55 bits per heavy atom. The zero-order chi connectivity index (χ0) is 46.4. The van der Waals surface area contributed by atoms with Crippen LogP contribution in [0.3, 0.4) is 0 Å². The lowest BCUT2D eigenvalue weighted by Crippen LogP contribution is -2.51. The number of fused-ring (bicyclic) bond motifs is 5. The number of carbonyl (C=O) groups is 4. The molecule has 4 aromatic heterocycles. The summed E-state index contributed by atoms with van der Waals surface area (Å²) in [4.78, 5) is 73.0. The van der Waals surface area contributed by atoms with Crippen molar-refractivity contribution in [1.82, 2.24) is 44.9 Å². The van der Waals surface area contributed by atoms with Gasteiger partial charge in [-0.15, -0.1) is 11.3 Å². The summed E-state index contributed by atoms with van der Waals surface area (Å²) in [6, 6.07) is 13.7. The highest BCUT2D eigenvalue weighted by Crippen LogP contribution is 2.48. The Balaban J connectivity index is 1.04. The number of benzene rings is 2. The van der Waals surface area contributed by atoms with Crippen molar-refractivity contribution >= 4 is 46.6 Å². The van der Waals surface area contributed by atoms with Crippen molar-refractivity contribution in [3.63, 3.8) is 0 Å². The van der Waals surface area contributed by atoms with Crippen molar-refractivity contribution < 1.29 is 33.0 Å². The number of methoxy groups -OCH3 is 1. The molecule has 15 nitrogen and oxygen atoms in total. The molecular formula is C49H56FN9O6S. The van der Waals surface area contributed by atoms with Gasteiger partial charge >= 0.3 is 6.09 Å². The fraction of sp³-hybridized carbons (Fsp3) is 0.429. The smallest absolute Gasteiger partial charge is 0.407 e. The van der Waals surface area contributed by atoms with E-state index < -0.39 is 30.2 Å². The number of aromatic amines is 2. The highest BCUT2D eigenvalue weighted by Gasteiger charge is 2.39. The van der Waals surface area contributed by atoms with Crippen LogP contribution in [0.1, 0.15) is 106 Å². The van der Waals surface area contributed by atoms with Crippen molar-refractivity contribution in [2.45, 2.75) is 104 Å². The SMILES string of the molecule is CCCc1ccc(C2Oc3cc(-c4cnc([C@@H]5CCCN5C(=O)[C@@H](NC=O)C(C)C)[nH]4)cc(F)c3-c3cc4cc(-c5cnc([C@@H]6CCCN6C(=O)[C@@H](NC(=O)OC)C(C)C)[nH]5)ccc4n32)s1. The van der Waals surface area contributed by atoms with Gasteiger partial charge in [0.25, 0.3) is 0 Å². The molecule has 17 heteroatoms. The second-order valence-electron chi connectivity index (χ2n) is 18.1. The van der Waals surface area contributed by atoms with Crippen LogP contribution in [-0.4, -0.2) is 90.9 Å². The van der Waals surface area contributed by atoms with Gasteiger partial charge in [-0.1, -0.05) is 47.1 Å². The number of nitrogens with zero attached hydrogens (tertiary/aromatic N) is 5. The molecule has 9 rings (SSSR count). The van der Waals surface area contributed by atoms with E-state index in [0.717, 1.165) is 59.1 Å². The molecule has 2 saturated heterocycles. The fourth-order valence-corrected chi connectivity index (χ4v) is 10.9. The molecule has 0 bridgehead atoms. The van der Waals surface area contributed by atoms with Crippen LogP contribution >= 0.6 is 11.3 Å². The quantitative estimate of drug-likeness (QED) is 0.0784. The Morgan fingerprint density at radius 1 is 0.894 bits per heavy atom. The number of ether oxygens (including phenoxy) is 2. The van der Waals surface area contributed by atoms with Crippen LogP contribution in [0.25, 0.3) is 44.7 Å². The summed E-state index contributed by atoms with van der Waals surface area (Å²) in [6.45, 7) is 10.8. The third kappa shape index (κ3) is 8.22. The van der Waals surface area contributed by atoms with E-state index >= 15 is 4.39 Å². The van der Waals surface area contributed by atoms with Crippen LogP contribution < -0.4 is 15.4 Å². The summed E-state index contributed by atoms with van der Waals surface area (Å²) >= 11 is 1.69. The van der Waals surface area contributed by atoms with Crippen LogP contribution in [0.2, 0.25) is 0 Å². The van der Waals surface area contributed by atoms with Gasteiger partial charge in [-0.2, -0.15) is 0 Å². The number of hydrogen-bond donors (Lipinski definition) is 4. The number of nitrogens with one attached hydrogen (secondary N) is 4. The summed E-state index contributed by atoms with van der Waals surface area (Å²) in [5.41, 5.74) is 4.71. The zero-order valence-electron chi connectivity index (χ0n) is 38.0. The number of halogens is 1. The number of rotatable bonds is 14. The molecule has 0 radical (unpaired) electrons. The summed E-state index contributed by atoms with van der Waals surface area (Å²) in [5.74, 6) is 0.652. The van der Waals surface area contributed by atoms with Gasteiger partial charge in [0.15, 0.2) is 0 Å². The maximum absolute atomic E-state index is 16.8. The predicted octanol–water partition coefficient (Wildman–Crippen LogP) is 8.66. The number of thiophene rings is 1. The minimum absolute atomic E-state index is 0.0901. The van der Waals surface area contributed by atoms with Crippen LogP contribution in [0.15, 0.2) is 60.9 Å². The van der Waals surface area contributed by atoms with Crippen molar-refractivity contribution in [2.75, 3.05) is 20.2 Å². The lowest BCUT2D eigenvalue weighted by molar-refractivity contribution is -0.137. The minimum Gasteiger partial charge on any atom is -0.464 e. The number of imidazole rings is 2. The number of likely N-dealkylation sites (tertiary alicyclic amines) is 2. The Morgan fingerprint density at radius 3 is 2.17 bits per heavy atom. The van der Waals surface area contributed by atoms with E-state index in [9.17, 15) is 19.2 Å². The van der Waals surface area contributed by atoms with Crippen molar-refractivity contribution in [1.29, 1.82) is 0 Å². The van der Waals surface area contributed by atoms with Crippen molar-refractivity contribution in [3.05, 3.63) is 88.1 Å². The van der Waals surface area contributed by atoms with E-state index in [-0.39, 0.29) is 35.7 Å². The third-order valence-electron chi connectivity index (χ3n) is 13.1. The molecule has 66 heavy (non-hydrogen) atoms. The van der Waals surface area contributed by atoms with E-state index in [1.54, 1.807) is 33.5 Å². The molecule has 1 unspecified atom stereocenters. The molecule has 7 heterocycles. The number of H-pyrrole nitrogens is 2. The molecule has 0 spiro atoms. The lowest BCUT2D eigenvalue weighted by Gasteiger charge is -2.30. The number of carbonyl (C=O) groups excluding carboxylic acids is 4. The molecule has 2 aromatic carbocycles. The van der Waals surface area contributed by atoms with E-state index in [4.69, 9.17) is 19.4 Å². The normalized spacial score (nSPS) is 18.9. The highest BCUT2D eigenvalue weighted by molar-refractivity contribution is 7.12. The van der Waals surface area contributed by atoms with Gasteiger partial charge in [0.2, 0.25) is 24.5 Å². The summed E-state index contributed by atoms with van der Waals surface area (Å²) < 4.78 is 30.6.